The molecule has 0 aromatic heterocycles. The fourth-order valence-corrected chi connectivity index (χ4v) is 4.03. The van der Waals surface area contributed by atoms with Gasteiger partial charge in [-0.25, -0.2) is 0 Å². The van der Waals surface area contributed by atoms with Crippen LogP contribution in [0.25, 0.3) is 0 Å². The molecule has 2 amide bonds. The number of hydrogen-bond donors (Lipinski definition) is 1. The molecule has 0 spiro atoms. The Morgan fingerprint density at radius 2 is 1.70 bits per heavy atom. The van der Waals surface area contributed by atoms with Crippen LogP contribution in [0.4, 0.5) is 0 Å². The molecule has 2 aromatic rings. The van der Waals surface area contributed by atoms with Gasteiger partial charge in [0, 0.05) is 25.2 Å². The van der Waals surface area contributed by atoms with E-state index in [4.69, 9.17) is 0 Å². The first-order chi connectivity index (χ1) is 13.2. The Morgan fingerprint density at radius 1 is 1.00 bits per heavy atom. The summed E-state index contributed by atoms with van der Waals surface area (Å²) in [7, 11) is 0. The van der Waals surface area contributed by atoms with Gasteiger partial charge in [-0.1, -0.05) is 48.5 Å². The maximum atomic E-state index is 13.1. The monoisotopic (exact) mass is 363 g/mol. The highest BCUT2D eigenvalue weighted by molar-refractivity contribution is 6.01. The van der Waals surface area contributed by atoms with Crippen molar-refractivity contribution in [2.24, 2.45) is 0 Å². The number of benzene rings is 2. The van der Waals surface area contributed by atoms with E-state index in [9.17, 15) is 9.59 Å². The lowest BCUT2D eigenvalue weighted by atomic mass is 10.0. The summed E-state index contributed by atoms with van der Waals surface area (Å²) < 4.78 is 0. The Labute approximate surface area is 160 Å². The highest BCUT2D eigenvalue weighted by Crippen LogP contribution is 2.31. The lowest BCUT2D eigenvalue weighted by Crippen LogP contribution is -2.43. The molecule has 1 saturated heterocycles. The van der Waals surface area contributed by atoms with E-state index in [1.807, 2.05) is 54.6 Å². The van der Waals surface area contributed by atoms with Crippen LogP contribution in [-0.2, 0) is 11.3 Å². The molecular formula is C22H25N3O2. The van der Waals surface area contributed by atoms with Crippen molar-refractivity contribution in [3.05, 3.63) is 71.3 Å². The summed E-state index contributed by atoms with van der Waals surface area (Å²) in [6.07, 6.45) is 2.47. The van der Waals surface area contributed by atoms with Crippen LogP contribution in [0.3, 0.4) is 0 Å². The first-order valence-electron chi connectivity index (χ1n) is 9.68. The van der Waals surface area contributed by atoms with Crippen LogP contribution < -0.4 is 5.32 Å². The third-order valence-electron chi connectivity index (χ3n) is 5.45. The smallest absolute Gasteiger partial charge is 0.255 e. The molecule has 140 valence electrons. The zero-order valence-electron chi connectivity index (χ0n) is 15.4. The van der Waals surface area contributed by atoms with Gasteiger partial charge in [0.05, 0.1) is 0 Å². The van der Waals surface area contributed by atoms with Crippen LogP contribution in [0.5, 0.6) is 0 Å². The van der Waals surface area contributed by atoms with E-state index in [2.05, 4.69) is 10.2 Å². The lowest BCUT2D eigenvalue weighted by molar-refractivity contribution is -0.126. The fraction of sp³-hybridized carbons (Fsp3) is 0.364. The van der Waals surface area contributed by atoms with Gasteiger partial charge in [-0.05, 0) is 43.1 Å². The molecule has 27 heavy (non-hydrogen) atoms. The molecule has 2 aromatic carbocycles. The third kappa shape index (κ3) is 3.74. The summed E-state index contributed by atoms with van der Waals surface area (Å²) in [6.45, 7) is 4.16. The summed E-state index contributed by atoms with van der Waals surface area (Å²) in [6, 6.07) is 16.6. The molecule has 1 fully saturated rings. The number of carbonyl (C=O) groups excluding carboxylic acids is 2. The van der Waals surface area contributed by atoms with Crippen molar-refractivity contribution < 1.29 is 9.59 Å². The van der Waals surface area contributed by atoms with Crippen LogP contribution in [0.1, 0.15) is 40.4 Å². The SMILES string of the molecule is O=C(NCCN1CCCC1)C(c1ccccc1)N1Cc2ccccc2C1=O. The summed E-state index contributed by atoms with van der Waals surface area (Å²) in [4.78, 5) is 30.1. The Balaban J connectivity index is 1.51. The standard InChI is InChI=1S/C22H25N3O2/c26-21(23-12-15-24-13-6-7-14-24)20(17-8-2-1-3-9-17)25-16-18-10-4-5-11-19(18)22(25)27/h1-5,8-11,20H,6-7,12-16H2,(H,23,26). The van der Waals surface area contributed by atoms with Crippen molar-refractivity contribution >= 4 is 11.8 Å². The third-order valence-corrected chi connectivity index (χ3v) is 5.45. The molecule has 2 aliphatic heterocycles. The molecule has 0 aliphatic carbocycles. The molecule has 2 heterocycles. The molecule has 5 heteroatoms. The first-order valence-corrected chi connectivity index (χ1v) is 9.68. The Hall–Kier alpha value is -2.66. The van der Waals surface area contributed by atoms with Gasteiger partial charge < -0.3 is 15.1 Å². The lowest BCUT2D eigenvalue weighted by Gasteiger charge is -2.27. The Kier molecular flexibility index (Phi) is 5.21. The van der Waals surface area contributed by atoms with E-state index in [0.29, 0.717) is 18.7 Å². The number of nitrogens with zero attached hydrogens (tertiary/aromatic N) is 2. The van der Waals surface area contributed by atoms with Crippen molar-refractivity contribution in [2.45, 2.75) is 25.4 Å². The zero-order valence-corrected chi connectivity index (χ0v) is 15.4. The average Bonchev–Trinajstić information content (AvgIpc) is 3.32. The van der Waals surface area contributed by atoms with Crippen molar-refractivity contribution in [3.63, 3.8) is 0 Å². The highest BCUT2D eigenvalue weighted by atomic mass is 16.2. The van der Waals surface area contributed by atoms with Gasteiger partial charge in [-0.15, -0.1) is 0 Å². The highest BCUT2D eigenvalue weighted by Gasteiger charge is 2.37. The molecule has 5 nitrogen and oxygen atoms in total. The number of fused-ring (bicyclic) bond motifs is 1. The molecule has 2 aliphatic rings. The van der Waals surface area contributed by atoms with Gasteiger partial charge in [0.25, 0.3) is 5.91 Å². The van der Waals surface area contributed by atoms with E-state index >= 15 is 0 Å². The number of rotatable bonds is 6. The summed E-state index contributed by atoms with van der Waals surface area (Å²) in [5, 5.41) is 3.06. The minimum absolute atomic E-state index is 0.0749. The van der Waals surface area contributed by atoms with Gasteiger partial charge in [0.2, 0.25) is 5.91 Å². The van der Waals surface area contributed by atoms with E-state index in [-0.39, 0.29) is 11.8 Å². The number of hydrogen-bond acceptors (Lipinski definition) is 3. The predicted octanol–water partition coefficient (Wildman–Crippen LogP) is 2.60. The normalized spacial score (nSPS) is 17.8. The number of carbonyl (C=O) groups is 2. The fourth-order valence-electron chi connectivity index (χ4n) is 4.03. The van der Waals surface area contributed by atoms with E-state index < -0.39 is 6.04 Å². The summed E-state index contributed by atoms with van der Waals surface area (Å²) in [5.74, 6) is -0.185. The Bertz CT molecular complexity index is 815. The van der Waals surface area contributed by atoms with Gasteiger partial charge in [0.1, 0.15) is 6.04 Å². The second-order valence-corrected chi connectivity index (χ2v) is 7.24. The number of likely N-dealkylation sites (tertiary alicyclic amines) is 1. The van der Waals surface area contributed by atoms with Gasteiger partial charge in [-0.3, -0.25) is 9.59 Å². The van der Waals surface area contributed by atoms with E-state index in [0.717, 1.165) is 30.8 Å². The number of amides is 2. The molecule has 1 N–H and O–H groups in total. The van der Waals surface area contributed by atoms with Crippen molar-refractivity contribution in [2.75, 3.05) is 26.2 Å². The van der Waals surface area contributed by atoms with Crippen LogP contribution in [0.15, 0.2) is 54.6 Å². The molecule has 1 unspecified atom stereocenters. The van der Waals surface area contributed by atoms with Gasteiger partial charge in [0.15, 0.2) is 0 Å². The molecule has 0 radical (unpaired) electrons. The molecule has 0 bridgehead atoms. The maximum Gasteiger partial charge on any atom is 0.255 e. The molecular weight excluding hydrogens is 338 g/mol. The molecule has 1 atom stereocenters. The quantitative estimate of drug-likeness (QED) is 0.858. The largest absolute Gasteiger partial charge is 0.353 e. The minimum atomic E-state index is -0.607. The van der Waals surface area contributed by atoms with Crippen LogP contribution in [-0.4, -0.2) is 47.8 Å². The van der Waals surface area contributed by atoms with Gasteiger partial charge in [-0.2, -0.15) is 0 Å². The predicted molar refractivity (Wildman–Crippen MR) is 104 cm³/mol. The van der Waals surface area contributed by atoms with Crippen molar-refractivity contribution in [1.82, 2.24) is 15.1 Å². The van der Waals surface area contributed by atoms with Crippen molar-refractivity contribution in [1.29, 1.82) is 0 Å². The average molecular weight is 363 g/mol. The second-order valence-electron chi connectivity index (χ2n) is 7.24. The second kappa shape index (κ2) is 7.92. The zero-order chi connectivity index (χ0) is 18.6. The van der Waals surface area contributed by atoms with E-state index in [1.165, 1.54) is 12.8 Å². The van der Waals surface area contributed by atoms with Crippen LogP contribution >= 0.6 is 0 Å². The number of nitrogens with one attached hydrogen (secondary N) is 1. The molecule has 4 rings (SSSR count). The van der Waals surface area contributed by atoms with E-state index in [1.54, 1.807) is 4.90 Å². The van der Waals surface area contributed by atoms with Gasteiger partial charge >= 0.3 is 0 Å². The summed E-state index contributed by atoms with van der Waals surface area (Å²) >= 11 is 0. The van der Waals surface area contributed by atoms with Crippen LogP contribution in [0.2, 0.25) is 0 Å². The van der Waals surface area contributed by atoms with Crippen LogP contribution in [0, 0.1) is 0 Å². The van der Waals surface area contributed by atoms with Crippen molar-refractivity contribution in [3.8, 4) is 0 Å². The summed E-state index contributed by atoms with van der Waals surface area (Å²) in [5.41, 5.74) is 2.52. The molecule has 0 saturated carbocycles. The topological polar surface area (TPSA) is 52.7 Å². The maximum absolute atomic E-state index is 13.1. The minimum Gasteiger partial charge on any atom is -0.353 e. The Morgan fingerprint density at radius 3 is 2.44 bits per heavy atom. The first kappa shape index (κ1) is 17.7.